The molecule has 1 aliphatic rings. The van der Waals surface area contributed by atoms with Gasteiger partial charge in [-0.15, -0.1) is 0 Å². The first-order valence-electron chi connectivity index (χ1n) is 8.32. The first-order chi connectivity index (χ1) is 11.6. The lowest BCUT2D eigenvalue weighted by molar-refractivity contribution is -0.0284. The Hall–Kier alpha value is -2.39. The molecule has 0 bridgehead atoms. The highest BCUT2D eigenvalue weighted by Gasteiger charge is 2.29. The molecule has 0 radical (unpaired) electrons. The molecular weight excluding hydrogens is 302 g/mol. The van der Waals surface area contributed by atoms with E-state index >= 15 is 0 Å². The summed E-state index contributed by atoms with van der Waals surface area (Å²) in [5.41, 5.74) is 3.58. The van der Waals surface area contributed by atoms with Gasteiger partial charge in [-0.05, 0) is 44.4 Å². The average Bonchev–Trinajstić information content (AvgIpc) is 2.98. The quantitative estimate of drug-likeness (QED) is 0.935. The standard InChI is InChI=1S/C18H23N5O/c1-12-9-13(2)22-18(15(12)10-19)20-11-14-5-4-8-24-17(14)16-6-7-21-23(16)3/h6-7,9,14,17H,4-5,8,11H2,1-3H3,(H,20,22)/t14-,17+/m0/s1. The number of anilines is 1. The molecule has 0 aromatic carbocycles. The van der Waals surface area contributed by atoms with E-state index in [-0.39, 0.29) is 6.10 Å². The van der Waals surface area contributed by atoms with Crippen molar-refractivity contribution in [1.29, 1.82) is 5.26 Å². The monoisotopic (exact) mass is 325 g/mol. The number of rotatable bonds is 4. The van der Waals surface area contributed by atoms with E-state index in [0.717, 1.165) is 42.9 Å². The fourth-order valence-corrected chi connectivity index (χ4v) is 3.38. The molecule has 0 unspecified atom stereocenters. The van der Waals surface area contributed by atoms with Crippen molar-refractivity contribution in [1.82, 2.24) is 14.8 Å². The summed E-state index contributed by atoms with van der Waals surface area (Å²) < 4.78 is 7.90. The molecule has 1 N–H and O–H groups in total. The van der Waals surface area contributed by atoms with Crippen LogP contribution >= 0.6 is 0 Å². The third-order valence-corrected chi connectivity index (χ3v) is 4.58. The Bertz CT molecular complexity index is 761. The Morgan fingerprint density at radius 3 is 3.00 bits per heavy atom. The molecule has 3 rings (SSSR count). The molecule has 1 saturated heterocycles. The molecule has 3 heterocycles. The highest BCUT2D eigenvalue weighted by molar-refractivity contribution is 5.56. The van der Waals surface area contributed by atoms with Crippen LogP contribution in [0.3, 0.4) is 0 Å². The van der Waals surface area contributed by atoms with E-state index in [1.165, 1.54) is 0 Å². The number of ether oxygens (including phenoxy) is 1. The van der Waals surface area contributed by atoms with Crippen LogP contribution in [-0.2, 0) is 11.8 Å². The van der Waals surface area contributed by atoms with Crippen LogP contribution in [-0.4, -0.2) is 27.9 Å². The van der Waals surface area contributed by atoms with Crippen molar-refractivity contribution in [2.75, 3.05) is 18.5 Å². The fourth-order valence-electron chi connectivity index (χ4n) is 3.38. The van der Waals surface area contributed by atoms with Crippen molar-refractivity contribution < 1.29 is 4.74 Å². The van der Waals surface area contributed by atoms with Crippen LogP contribution in [0.1, 0.15) is 41.5 Å². The second-order valence-corrected chi connectivity index (χ2v) is 6.37. The zero-order valence-corrected chi connectivity index (χ0v) is 14.4. The normalized spacial score (nSPS) is 20.6. The largest absolute Gasteiger partial charge is 0.372 e. The van der Waals surface area contributed by atoms with E-state index in [9.17, 15) is 5.26 Å². The van der Waals surface area contributed by atoms with E-state index in [1.54, 1.807) is 6.20 Å². The number of nitrogens with zero attached hydrogens (tertiary/aromatic N) is 4. The van der Waals surface area contributed by atoms with Crippen LogP contribution in [0.4, 0.5) is 5.82 Å². The minimum atomic E-state index is 0.0233. The summed E-state index contributed by atoms with van der Waals surface area (Å²) in [6, 6.07) is 6.21. The summed E-state index contributed by atoms with van der Waals surface area (Å²) in [6.45, 7) is 5.39. The second-order valence-electron chi connectivity index (χ2n) is 6.37. The summed E-state index contributed by atoms with van der Waals surface area (Å²) in [6.07, 6.45) is 3.95. The molecule has 0 amide bonds. The predicted molar refractivity (Wildman–Crippen MR) is 91.5 cm³/mol. The number of pyridine rings is 1. The van der Waals surface area contributed by atoms with Gasteiger partial charge in [0.05, 0.1) is 11.3 Å². The lowest BCUT2D eigenvalue weighted by Crippen LogP contribution is -2.30. The molecule has 1 aliphatic heterocycles. The van der Waals surface area contributed by atoms with Gasteiger partial charge in [0.25, 0.3) is 0 Å². The predicted octanol–water partition coefficient (Wildman–Crippen LogP) is 2.88. The first-order valence-corrected chi connectivity index (χ1v) is 8.32. The third kappa shape index (κ3) is 3.26. The van der Waals surface area contributed by atoms with E-state index in [1.807, 2.05) is 37.7 Å². The smallest absolute Gasteiger partial charge is 0.144 e. The number of nitriles is 1. The van der Waals surface area contributed by atoms with Gasteiger partial charge in [0, 0.05) is 38.0 Å². The molecule has 2 atom stereocenters. The Balaban J connectivity index is 1.78. The number of aryl methyl sites for hydroxylation is 3. The molecule has 2 aromatic rings. The van der Waals surface area contributed by atoms with Gasteiger partial charge in [-0.3, -0.25) is 4.68 Å². The SMILES string of the molecule is Cc1cc(C)c(C#N)c(NC[C@@H]2CCCO[C@H]2c2ccnn2C)n1. The molecule has 6 nitrogen and oxygen atoms in total. The molecule has 24 heavy (non-hydrogen) atoms. The number of nitrogens with one attached hydrogen (secondary N) is 1. The highest BCUT2D eigenvalue weighted by atomic mass is 16.5. The summed E-state index contributed by atoms with van der Waals surface area (Å²) >= 11 is 0. The van der Waals surface area contributed by atoms with Gasteiger partial charge in [-0.1, -0.05) is 0 Å². The number of hydrogen-bond acceptors (Lipinski definition) is 5. The topological polar surface area (TPSA) is 75.8 Å². The lowest BCUT2D eigenvalue weighted by atomic mass is 9.92. The molecule has 126 valence electrons. The molecular formula is C18H23N5O. The van der Waals surface area contributed by atoms with E-state index in [2.05, 4.69) is 21.5 Å². The zero-order valence-electron chi connectivity index (χ0n) is 14.4. The fraction of sp³-hybridized carbons (Fsp3) is 0.500. The molecule has 0 aliphatic carbocycles. The van der Waals surface area contributed by atoms with Gasteiger partial charge < -0.3 is 10.1 Å². The van der Waals surface area contributed by atoms with E-state index < -0.39 is 0 Å². The molecule has 1 fully saturated rings. The van der Waals surface area contributed by atoms with Crippen LogP contribution in [0.5, 0.6) is 0 Å². The van der Waals surface area contributed by atoms with E-state index in [4.69, 9.17) is 4.74 Å². The molecule has 0 saturated carbocycles. The van der Waals surface area contributed by atoms with Crippen LogP contribution in [0.2, 0.25) is 0 Å². The van der Waals surface area contributed by atoms with Gasteiger partial charge in [-0.2, -0.15) is 10.4 Å². The lowest BCUT2D eigenvalue weighted by Gasteiger charge is -2.32. The van der Waals surface area contributed by atoms with Crippen molar-refractivity contribution in [3.05, 3.63) is 40.8 Å². The van der Waals surface area contributed by atoms with E-state index in [0.29, 0.717) is 17.3 Å². The van der Waals surface area contributed by atoms with Gasteiger partial charge in [-0.25, -0.2) is 4.98 Å². The Labute approximate surface area is 142 Å². The zero-order chi connectivity index (χ0) is 17.1. The first kappa shape index (κ1) is 16.5. The van der Waals surface area contributed by atoms with Crippen LogP contribution < -0.4 is 5.32 Å². The van der Waals surface area contributed by atoms with Crippen molar-refractivity contribution in [2.24, 2.45) is 13.0 Å². The maximum Gasteiger partial charge on any atom is 0.144 e. The minimum Gasteiger partial charge on any atom is -0.372 e. The van der Waals surface area contributed by atoms with Crippen molar-refractivity contribution in [3.63, 3.8) is 0 Å². The summed E-state index contributed by atoms with van der Waals surface area (Å²) in [5, 5.41) is 17.0. The molecule has 0 spiro atoms. The van der Waals surface area contributed by atoms with Crippen LogP contribution in [0.15, 0.2) is 18.3 Å². The van der Waals surface area contributed by atoms with Gasteiger partial charge in [0.2, 0.25) is 0 Å². The number of hydrogen-bond donors (Lipinski definition) is 1. The maximum absolute atomic E-state index is 9.40. The Morgan fingerprint density at radius 2 is 2.29 bits per heavy atom. The maximum atomic E-state index is 9.40. The van der Waals surface area contributed by atoms with Crippen molar-refractivity contribution >= 4 is 5.82 Å². The minimum absolute atomic E-state index is 0.0233. The molecule has 6 heteroatoms. The third-order valence-electron chi connectivity index (χ3n) is 4.58. The van der Waals surface area contributed by atoms with Crippen molar-refractivity contribution in [3.8, 4) is 6.07 Å². The van der Waals surface area contributed by atoms with Gasteiger partial charge in [0.1, 0.15) is 18.0 Å². The van der Waals surface area contributed by atoms with Crippen LogP contribution in [0, 0.1) is 31.1 Å². The van der Waals surface area contributed by atoms with Crippen LogP contribution in [0.25, 0.3) is 0 Å². The van der Waals surface area contributed by atoms with Crippen molar-refractivity contribution in [2.45, 2.75) is 32.8 Å². The second kappa shape index (κ2) is 7.02. The average molecular weight is 325 g/mol. The Morgan fingerprint density at radius 1 is 1.46 bits per heavy atom. The number of aromatic nitrogens is 3. The van der Waals surface area contributed by atoms with Gasteiger partial charge in [0.15, 0.2) is 0 Å². The van der Waals surface area contributed by atoms with Gasteiger partial charge >= 0.3 is 0 Å². The molecule has 2 aromatic heterocycles. The summed E-state index contributed by atoms with van der Waals surface area (Å²) in [4.78, 5) is 4.50. The Kier molecular flexibility index (Phi) is 4.81. The highest BCUT2D eigenvalue weighted by Crippen LogP contribution is 2.33. The summed E-state index contributed by atoms with van der Waals surface area (Å²) in [7, 11) is 1.94. The summed E-state index contributed by atoms with van der Waals surface area (Å²) in [5.74, 6) is 0.993.